The molecule has 0 unspecified atom stereocenters. The standard InChI is InChI=1S/C17H30N4O3/c22-16(23)13-19-7-3-15(4-8-19)20-9-11-21(12-10-20)17(24)14-1-5-18-6-2-14/h14-15,18H,1-13H2,(H,22,23). The zero-order valence-corrected chi connectivity index (χ0v) is 14.5. The Kier molecular flexibility index (Phi) is 6.08. The van der Waals surface area contributed by atoms with Crippen LogP contribution in [0.1, 0.15) is 25.7 Å². The van der Waals surface area contributed by atoms with Gasteiger partial charge in [-0.2, -0.15) is 0 Å². The lowest BCUT2D eigenvalue weighted by Crippen LogP contribution is -2.55. The Morgan fingerprint density at radius 3 is 2.12 bits per heavy atom. The Morgan fingerprint density at radius 2 is 1.54 bits per heavy atom. The van der Waals surface area contributed by atoms with Crippen molar-refractivity contribution in [3.63, 3.8) is 0 Å². The SMILES string of the molecule is O=C(O)CN1CCC(N2CCN(C(=O)C3CCNCC3)CC2)CC1. The molecule has 0 radical (unpaired) electrons. The second-order valence-electron chi connectivity index (χ2n) is 7.29. The van der Waals surface area contributed by atoms with E-state index in [4.69, 9.17) is 5.11 Å². The van der Waals surface area contributed by atoms with Gasteiger partial charge in [-0.25, -0.2) is 0 Å². The zero-order valence-electron chi connectivity index (χ0n) is 14.5. The second-order valence-corrected chi connectivity index (χ2v) is 7.29. The maximum atomic E-state index is 12.6. The predicted molar refractivity (Wildman–Crippen MR) is 90.8 cm³/mol. The third kappa shape index (κ3) is 4.46. The maximum Gasteiger partial charge on any atom is 0.317 e. The monoisotopic (exact) mass is 338 g/mol. The molecule has 0 saturated carbocycles. The average molecular weight is 338 g/mol. The van der Waals surface area contributed by atoms with Crippen LogP contribution < -0.4 is 5.32 Å². The van der Waals surface area contributed by atoms with Crippen molar-refractivity contribution in [1.29, 1.82) is 0 Å². The Hall–Kier alpha value is -1.18. The van der Waals surface area contributed by atoms with Crippen LogP contribution in [0.3, 0.4) is 0 Å². The lowest BCUT2D eigenvalue weighted by atomic mass is 9.96. The van der Waals surface area contributed by atoms with Crippen LogP contribution in [0, 0.1) is 5.92 Å². The van der Waals surface area contributed by atoms with Gasteiger partial charge in [0.1, 0.15) is 0 Å². The van der Waals surface area contributed by atoms with Gasteiger partial charge in [-0.1, -0.05) is 0 Å². The number of hydrogen-bond donors (Lipinski definition) is 2. The van der Waals surface area contributed by atoms with Gasteiger partial charge in [0, 0.05) is 51.2 Å². The third-order valence-corrected chi connectivity index (χ3v) is 5.75. The van der Waals surface area contributed by atoms with Crippen molar-refractivity contribution >= 4 is 11.9 Å². The number of piperazine rings is 1. The van der Waals surface area contributed by atoms with Gasteiger partial charge in [-0.05, 0) is 38.8 Å². The van der Waals surface area contributed by atoms with Crippen LogP contribution in [0.25, 0.3) is 0 Å². The molecule has 3 aliphatic rings. The van der Waals surface area contributed by atoms with Crippen LogP contribution in [0.15, 0.2) is 0 Å². The maximum absolute atomic E-state index is 12.6. The van der Waals surface area contributed by atoms with E-state index in [9.17, 15) is 9.59 Å². The number of piperidine rings is 2. The van der Waals surface area contributed by atoms with E-state index in [-0.39, 0.29) is 12.5 Å². The van der Waals surface area contributed by atoms with E-state index >= 15 is 0 Å². The highest BCUT2D eigenvalue weighted by Gasteiger charge is 2.31. The van der Waals surface area contributed by atoms with Crippen LogP contribution in [0.5, 0.6) is 0 Å². The molecule has 0 bridgehead atoms. The number of amides is 1. The summed E-state index contributed by atoms with van der Waals surface area (Å²) < 4.78 is 0. The highest BCUT2D eigenvalue weighted by atomic mass is 16.4. The van der Waals surface area contributed by atoms with E-state index in [1.165, 1.54) is 0 Å². The number of rotatable bonds is 4. The molecule has 3 aliphatic heterocycles. The van der Waals surface area contributed by atoms with E-state index in [0.29, 0.717) is 11.9 Å². The molecule has 0 aliphatic carbocycles. The number of carbonyl (C=O) groups is 2. The van der Waals surface area contributed by atoms with Gasteiger partial charge in [0.25, 0.3) is 0 Å². The van der Waals surface area contributed by atoms with E-state index in [1.807, 2.05) is 4.90 Å². The second kappa shape index (κ2) is 8.27. The molecule has 0 aromatic carbocycles. The molecule has 0 spiro atoms. The summed E-state index contributed by atoms with van der Waals surface area (Å²) >= 11 is 0. The summed E-state index contributed by atoms with van der Waals surface area (Å²) in [6.45, 7) is 7.43. The number of hydrogen-bond acceptors (Lipinski definition) is 5. The topological polar surface area (TPSA) is 76.1 Å². The number of carboxylic acids is 1. The highest BCUT2D eigenvalue weighted by Crippen LogP contribution is 2.20. The minimum Gasteiger partial charge on any atom is -0.480 e. The summed E-state index contributed by atoms with van der Waals surface area (Å²) in [5.41, 5.74) is 0. The van der Waals surface area contributed by atoms with Crippen LogP contribution in [-0.4, -0.2) is 96.6 Å². The quantitative estimate of drug-likeness (QED) is 0.732. The molecular formula is C17H30N4O3. The highest BCUT2D eigenvalue weighted by molar-refractivity contribution is 5.79. The van der Waals surface area contributed by atoms with Crippen molar-refractivity contribution in [2.24, 2.45) is 5.92 Å². The molecule has 3 saturated heterocycles. The van der Waals surface area contributed by atoms with E-state index in [1.54, 1.807) is 0 Å². The summed E-state index contributed by atoms with van der Waals surface area (Å²) in [7, 11) is 0. The summed E-state index contributed by atoms with van der Waals surface area (Å²) in [6, 6.07) is 0.547. The van der Waals surface area contributed by atoms with Crippen molar-refractivity contribution in [2.45, 2.75) is 31.7 Å². The first-order valence-corrected chi connectivity index (χ1v) is 9.31. The first-order valence-electron chi connectivity index (χ1n) is 9.31. The molecule has 3 heterocycles. The number of nitrogens with zero attached hydrogens (tertiary/aromatic N) is 3. The van der Waals surface area contributed by atoms with Gasteiger partial charge in [0.05, 0.1) is 6.54 Å². The fourth-order valence-corrected chi connectivity index (χ4v) is 4.27. The predicted octanol–water partition coefficient (Wildman–Crippen LogP) is -0.321. The van der Waals surface area contributed by atoms with Gasteiger partial charge in [0.2, 0.25) is 5.91 Å². The van der Waals surface area contributed by atoms with Crippen molar-refractivity contribution < 1.29 is 14.7 Å². The molecule has 0 aromatic heterocycles. The molecular weight excluding hydrogens is 308 g/mol. The van der Waals surface area contributed by atoms with Crippen molar-refractivity contribution in [3.8, 4) is 0 Å². The van der Waals surface area contributed by atoms with Gasteiger partial charge in [-0.3, -0.25) is 19.4 Å². The molecule has 1 amide bonds. The van der Waals surface area contributed by atoms with Crippen LogP contribution in [-0.2, 0) is 9.59 Å². The van der Waals surface area contributed by atoms with Gasteiger partial charge in [0.15, 0.2) is 0 Å². The molecule has 0 atom stereocenters. The first kappa shape index (κ1) is 17.6. The van der Waals surface area contributed by atoms with Gasteiger partial charge < -0.3 is 15.3 Å². The number of aliphatic carboxylic acids is 1. The lowest BCUT2D eigenvalue weighted by Gasteiger charge is -2.43. The zero-order chi connectivity index (χ0) is 16.9. The van der Waals surface area contributed by atoms with Crippen molar-refractivity contribution in [3.05, 3.63) is 0 Å². The lowest BCUT2D eigenvalue weighted by molar-refractivity contribution is -0.138. The van der Waals surface area contributed by atoms with E-state index in [0.717, 1.165) is 78.0 Å². The fourth-order valence-electron chi connectivity index (χ4n) is 4.27. The summed E-state index contributed by atoms with van der Waals surface area (Å²) in [5, 5.41) is 12.2. The summed E-state index contributed by atoms with van der Waals surface area (Å²) in [5.74, 6) is -0.164. The van der Waals surface area contributed by atoms with Crippen LogP contribution >= 0.6 is 0 Å². The number of nitrogens with one attached hydrogen (secondary N) is 1. The summed E-state index contributed by atoms with van der Waals surface area (Å²) in [6.07, 6.45) is 4.02. The molecule has 7 heteroatoms. The minimum atomic E-state index is -0.738. The molecule has 3 fully saturated rings. The van der Waals surface area contributed by atoms with Gasteiger partial charge >= 0.3 is 5.97 Å². The smallest absolute Gasteiger partial charge is 0.317 e. The Bertz CT molecular complexity index is 437. The Labute approximate surface area is 144 Å². The number of likely N-dealkylation sites (tertiary alicyclic amines) is 1. The molecule has 24 heavy (non-hydrogen) atoms. The Morgan fingerprint density at radius 1 is 0.917 bits per heavy atom. The average Bonchev–Trinajstić information content (AvgIpc) is 2.62. The number of carboxylic acid groups (broad SMARTS) is 1. The number of carbonyl (C=O) groups excluding carboxylic acids is 1. The van der Waals surface area contributed by atoms with Crippen LogP contribution in [0.4, 0.5) is 0 Å². The van der Waals surface area contributed by atoms with E-state index < -0.39 is 5.97 Å². The Balaban J connectivity index is 1.41. The molecule has 0 aromatic rings. The summed E-state index contributed by atoms with van der Waals surface area (Å²) in [4.78, 5) is 30.0. The normalized spacial score (nSPS) is 25.8. The fraction of sp³-hybridized carbons (Fsp3) is 0.882. The molecule has 136 valence electrons. The molecule has 2 N–H and O–H groups in total. The van der Waals surface area contributed by atoms with Gasteiger partial charge in [-0.15, -0.1) is 0 Å². The largest absolute Gasteiger partial charge is 0.480 e. The molecule has 3 rings (SSSR count). The van der Waals surface area contributed by atoms with Crippen molar-refractivity contribution in [2.75, 3.05) is 58.9 Å². The minimum absolute atomic E-state index is 0.158. The third-order valence-electron chi connectivity index (χ3n) is 5.75. The van der Waals surface area contributed by atoms with Crippen LogP contribution in [0.2, 0.25) is 0 Å². The first-order chi connectivity index (χ1) is 11.6. The molecule has 7 nitrogen and oxygen atoms in total. The van der Waals surface area contributed by atoms with E-state index in [2.05, 4.69) is 15.1 Å². The van der Waals surface area contributed by atoms with Crippen molar-refractivity contribution in [1.82, 2.24) is 20.0 Å².